The average molecular weight is 274 g/mol. The molecule has 0 saturated heterocycles. The zero-order valence-corrected chi connectivity index (χ0v) is 11.2. The lowest BCUT2D eigenvalue weighted by atomic mass is 10.2. The van der Waals surface area contributed by atoms with Gasteiger partial charge in [0.15, 0.2) is 0 Å². The molecule has 5 nitrogen and oxygen atoms in total. The van der Waals surface area contributed by atoms with Crippen molar-refractivity contribution < 1.29 is 0 Å². The van der Waals surface area contributed by atoms with Gasteiger partial charge in [-0.3, -0.25) is 4.79 Å². The molecule has 1 aliphatic heterocycles. The molecular weight excluding hydrogens is 260 g/mol. The van der Waals surface area contributed by atoms with Gasteiger partial charge in [-0.05, 0) is 36.6 Å². The standard InChI is InChI=1S/C13H14N4OS/c1-19-9-4-2-8(3-5-9)15-12-11-10(16-17-12)6-7-14-13(11)18/h2-7,12,15-17H,1H3,(H,14,18). The van der Waals surface area contributed by atoms with Crippen LogP contribution in [0.25, 0.3) is 0 Å². The number of hydrogen-bond donors (Lipinski definition) is 4. The number of fused-ring (bicyclic) bond motifs is 1. The van der Waals surface area contributed by atoms with Crippen LogP contribution in [0.5, 0.6) is 0 Å². The van der Waals surface area contributed by atoms with Crippen molar-refractivity contribution in [2.24, 2.45) is 0 Å². The number of H-pyrrole nitrogens is 1. The first-order valence-electron chi connectivity index (χ1n) is 5.91. The van der Waals surface area contributed by atoms with E-state index in [-0.39, 0.29) is 11.7 Å². The van der Waals surface area contributed by atoms with Crippen LogP contribution in [0.3, 0.4) is 0 Å². The first-order valence-corrected chi connectivity index (χ1v) is 7.14. The van der Waals surface area contributed by atoms with Crippen LogP contribution in [0, 0.1) is 0 Å². The number of benzene rings is 1. The molecule has 4 N–H and O–H groups in total. The van der Waals surface area contributed by atoms with Crippen LogP contribution >= 0.6 is 11.8 Å². The number of nitrogens with one attached hydrogen (secondary N) is 4. The van der Waals surface area contributed by atoms with E-state index in [1.807, 2.05) is 36.6 Å². The van der Waals surface area contributed by atoms with Gasteiger partial charge in [-0.15, -0.1) is 11.8 Å². The minimum atomic E-state index is -0.236. The SMILES string of the molecule is CSc1ccc(NC2NNc3cc[nH]c(=O)c32)cc1. The van der Waals surface area contributed by atoms with Crippen LogP contribution in [-0.2, 0) is 0 Å². The van der Waals surface area contributed by atoms with E-state index in [4.69, 9.17) is 0 Å². The number of hydrazine groups is 1. The Morgan fingerprint density at radius 2 is 2.00 bits per heavy atom. The highest BCUT2D eigenvalue weighted by molar-refractivity contribution is 7.98. The van der Waals surface area contributed by atoms with Crippen LogP contribution in [-0.4, -0.2) is 11.2 Å². The molecular formula is C13H14N4OS. The second kappa shape index (κ2) is 4.99. The van der Waals surface area contributed by atoms with Crippen LogP contribution in [0.15, 0.2) is 46.2 Å². The number of anilines is 2. The Balaban J connectivity index is 1.84. The Kier molecular flexibility index (Phi) is 3.18. The lowest BCUT2D eigenvalue weighted by Gasteiger charge is -2.14. The highest BCUT2D eigenvalue weighted by Crippen LogP contribution is 2.26. The minimum Gasteiger partial charge on any atom is -0.365 e. The van der Waals surface area contributed by atoms with Gasteiger partial charge >= 0.3 is 0 Å². The third kappa shape index (κ3) is 2.32. The molecule has 1 atom stereocenters. The average Bonchev–Trinajstić information content (AvgIpc) is 2.84. The van der Waals surface area contributed by atoms with Gasteiger partial charge in [0.25, 0.3) is 5.56 Å². The molecule has 3 rings (SSSR count). The van der Waals surface area contributed by atoms with Gasteiger partial charge in [0.05, 0.1) is 11.3 Å². The highest BCUT2D eigenvalue weighted by Gasteiger charge is 2.24. The Bertz CT molecular complexity index is 638. The third-order valence-corrected chi connectivity index (χ3v) is 3.78. The summed E-state index contributed by atoms with van der Waals surface area (Å²) >= 11 is 1.70. The third-order valence-electron chi connectivity index (χ3n) is 3.04. The van der Waals surface area contributed by atoms with Crippen LogP contribution < -0.4 is 21.7 Å². The first kappa shape index (κ1) is 12.1. The van der Waals surface area contributed by atoms with E-state index in [2.05, 4.69) is 21.2 Å². The molecule has 1 aromatic carbocycles. The number of aromatic nitrogens is 1. The first-order chi connectivity index (χ1) is 9.28. The van der Waals surface area contributed by atoms with E-state index >= 15 is 0 Å². The van der Waals surface area contributed by atoms with Crippen molar-refractivity contribution in [2.75, 3.05) is 17.0 Å². The van der Waals surface area contributed by atoms with Crippen molar-refractivity contribution in [3.05, 3.63) is 52.4 Å². The summed E-state index contributed by atoms with van der Waals surface area (Å²) < 4.78 is 0. The van der Waals surface area contributed by atoms with Crippen molar-refractivity contribution in [2.45, 2.75) is 11.1 Å². The summed E-state index contributed by atoms with van der Waals surface area (Å²) in [6.07, 6.45) is 3.44. The molecule has 0 aliphatic carbocycles. The molecule has 98 valence electrons. The minimum absolute atomic E-state index is 0.0896. The van der Waals surface area contributed by atoms with E-state index < -0.39 is 0 Å². The topological polar surface area (TPSA) is 68.9 Å². The van der Waals surface area contributed by atoms with Gasteiger partial charge in [-0.25, -0.2) is 5.43 Å². The summed E-state index contributed by atoms with van der Waals surface area (Å²) in [6.45, 7) is 0. The van der Waals surface area contributed by atoms with Crippen LogP contribution in [0.1, 0.15) is 11.7 Å². The molecule has 1 aromatic heterocycles. The van der Waals surface area contributed by atoms with E-state index in [1.54, 1.807) is 18.0 Å². The molecule has 1 unspecified atom stereocenters. The molecule has 19 heavy (non-hydrogen) atoms. The lowest BCUT2D eigenvalue weighted by molar-refractivity contribution is 0.696. The van der Waals surface area contributed by atoms with Gasteiger partial charge in [-0.1, -0.05) is 0 Å². The summed E-state index contributed by atoms with van der Waals surface area (Å²) in [6, 6.07) is 9.94. The van der Waals surface area contributed by atoms with E-state index in [1.165, 1.54) is 4.90 Å². The number of thioether (sulfide) groups is 1. The summed E-state index contributed by atoms with van der Waals surface area (Å²) in [5.41, 5.74) is 8.41. The molecule has 0 radical (unpaired) electrons. The molecule has 2 heterocycles. The molecule has 0 amide bonds. The Labute approximate surface area is 114 Å². The molecule has 1 aliphatic rings. The van der Waals surface area contributed by atoms with Crippen molar-refractivity contribution in [3.8, 4) is 0 Å². The van der Waals surface area contributed by atoms with Gasteiger partial charge in [-0.2, -0.15) is 0 Å². The second-order valence-electron chi connectivity index (χ2n) is 4.21. The van der Waals surface area contributed by atoms with E-state index in [0.29, 0.717) is 5.56 Å². The fraction of sp³-hybridized carbons (Fsp3) is 0.154. The van der Waals surface area contributed by atoms with Crippen LogP contribution in [0.2, 0.25) is 0 Å². The summed E-state index contributed by atoms with van der Waals surface area (Å²) in [4.78, 5) is 15.7. The Morgan fingerprint density at radius 3 is 2.74 bits per heavy atom. The molecule has 0 spiro atoms. The van der Waals surface area contributed by atoms with Gasteiger partial charge in [0.2, 0.25) is 0 Å². The maximum Gasteiger partial charge on any atom is 0.256 e. The molecule has 6 heteroatoms. The van der Waals surface area contributed by atoms with Gasteiger partial charge in [0.1, 0.15) is 6.17 Å². The zero-order chi connectivity index (χ0) is 13.2. The molecule has 0 bridgehead atoms. The molecule has 2 aromatic rings. The van der Waals surface area contributed by atoms with Crippen molar-refractivity contribution in [1.82, 2.24) is 10.4 Å². The Hall–Kier alpha value is -1.92. The normalized spacial score (nSPS) is 16.8. The predicted molar refractivity (Wildman–Crippen MR) is 78.4 cm³/mol. The smallest absolute Gasteiger partial charge is 0.256 e. The Morgan fingerprint density at radius 1 is 1.21 bits per heavy atom. The fourth-order valence-corrected chi connectivity index (χ4v) is 2.48. The summed E-state index contributed by atoms with van der Waals surface area (Å²) in [5.74, 6) is 0. The fourth-order valence-electron chi connectivity index (χ4n) is 2.07. The lowest BCUT2D eigenvalue weighted by Crippen LogP contribution is -2.28. The maximum atomic E-state index is 11.8. The number of aromatic amines is 1. The second-order valence-corrected chi connectivity index (χ2v) is 5.09. The predicted octanol–water partition coefficient (Wildman–Crippen LogP) is 2.14. The summed E-state index contributed by atoms with van der Waals surface area (Å²) in [5, 5.41) is 3.29. The monoisotopic (exact) mass is 274 g/mol. The van der Waals surface area contributed by atoms with Crippen molar-refractivity contribution in [3.63, 3.8) is 0 Å². The largest absolute Gasteiger partial charge is 0.365 e. The molecule has 0 fully saturated rings. The zero-order valence-electron chi connectivity index (χ0n) is 10.4. The van der Waals surface area contributed by atoms with Crippen molar-refractivity contribution >= 4 is 23.1 Å². The van der Waals surface area contributed by atoms with Crippen molar-refractivity contribution in [1.29, 1.82) is 0 Å². The van der Waals surface area contributed by atoms with E-state index in [0.717, 1.165) is 11.4 Å². The number of rotatable bonds is 3. The highest BCUT2D eigenvalue weighted by atomic mass is 32.2. The number of hydrogen-bond acceptors (Lipinski definition) is 5. The van der Waals surface area contributed by atoms with E-state index in [9.17, 15) is 4.79 Å². The summed E-state index contributed by atoms with van der Waals surface area (Å²) in [7, 11) is 0. The maximum absolute atomic E-state index is 11.8. The van der Waals surface area contributed by atoms with Gasteiger partial charge in [0, 0.05) is 16.8 Å². The van der Waals surface area contributed by atoms with Crippen LogP contribution in [0.4, 0.5) is 11.4 Å². The molecule has 0 saturated carbocycles. The van der Waals surface area contributed by atoms with Gasteiger partial charge < -0.3 is 15.7 Å². The number of pyridine rings is 1. The quantitative estimate of drug-likeness (QED) is 0.646.